The van der Waals surface area contributed by atoms with E-state index < -0.39 is 0 Å². The Morgan fingerprint density at radius 2 is 2.30 bits per heavy atom. The topological polar surface area (TPSA) is 54.9 Å². The Morgan fingerprint density at radius 3 is 3.17 bits per heavy atom. The molecule has 1 aliphatic carbocycles. The molecule has 0 saturated heterocycles. The van der Waals surface area contributed by atoms with E-state index in [-0.39, 0.29) is 5.91 Å². The van der Waals surface area contributed by atoms with Crippen molar-refractivity contribution in [2.24, 2.45) is 0 Å². The number of carbonyl (C=O) groups is 1. The molecule has 0 aromatic carbocycles. The van der Waals surface area contributed by atoms with Gasteiger partial charge in [-0.2, -0.15) is 0 Å². The van der Waals surface area contributed by atoms with Gasteiger partial charge in [0.05, 0.1) is 12.3 Å². The number of aromatic nitrogens is 2. The molecule has 0 unspecified atom stereocenters. The lowest BCUT2D eigenvalue weighted by atomic mass is 10.2. The third-order valence-electron chi connectivity index (χ3n) is 3.85. The van der Waals surface area contributed by atoms with Gasteiger partial charge in [0, 0.05) is 15.1 Å². The lowest BCUT2D eigenvalue weighted by molar-refractivity contribution is -0.118. The SMILES string of the molecule is O=C(CSc1ncnc2sc3c(c12)CCC3)NCc1cccs1. The van der Waals surface area contributed by atoms with Crippen molar-refractivity contribution in [3.8, 4) is 0 Å². The van der Waals surface area contributed by atoms with Crippen molar-refractivity contribution in [2.45, 2.75) is 30.8 Å². The van der Waals surface area contributed by atoms with Crippen molar-refractivity contribution in [1.82, 2.24) is 15.3 Å². The third-order valence-corrected chi connectivity index (χ3v) is 6.91. The Labute approximate surface area is 146 Å². The van der Waals surface area contributed by atoms with Gasteiger partial charge in [-0.25, -0.2) is 9.97 Å². The van der Waals surface area contributed by atoms with Crippen LogP contribution in [0.2, 0.25) is 0 Å². The zero-order valence-electron chi connectivity index (χ0n) is 12.4. The molecule has 0 aliphatic heterocycles. The summed E-state index contributed by atoms with van der Waals surface area (Å²) in [6, 6.07) is 4.02. The molecule has 0 fully saturated rings. The summed E-state index contributed by atoms with van der Waals surface area (Å²) in [7, 11) is 0. The van der Waals surface area contributed by atoms with Crippen LogP contribution in [0.25, 0.3) is 10.2 Å². The fourth-order valence-corrected chi connectivity index (χ4v) is 5.59. The first-order valence-corrected chi connectivity index (χ1v) is 10.2. The van der Waals surface area contributed by atoms with Gasteiger partial charge in [-0.1, -0.05) is 17.8 Å². The second kappa shape index (κ2) is 6.59. The number of carbonyl (C=O) groups excluding carboxylic acids is 1. The van der Waals surface area contributed by atoms with Crippen LogP contribution in [-0.4, -0.2) is 21.6 Å². The highest BCUT2D eigenvalue weighted by atomic mass is 32.2. The lowest BCUT2D eigenvalue weighted by Gasteiger charge is -2.05. The van der Waals surface area contributed by atoms with Gasteiger partial charge in [-0.05, 0) is 36.3 Å². The molecule has 7 heteroatoms. The smallest absolute Gasteiger partial charge is 0.230 e. The molecule has 4 nitrogen and oxygen atoms in total. The van der Waals surface area contributed by atoms with Crippen LogP contribution in [0.1, 0.15) is 21.7 Å². The van der Waals surface area contributed by atoms with E-state index in [1.54, 1.807) is 29.0 Å². The molecule has 118 valence electrons. The molecular formula is C16H15N3OS3. The normalized spacial score (nSPS) is 13.4. The number of aryl methyl sites for hydroxylation is 2. The van der Waals surface area contributed by atoms with Crippen LogP contribution in [0.4, 0.5) is 0 Å². The van der Waals surface area contributed by atoms with Crippen LogP contribution in [0.5, 0.6) is 0 Å². The quantitative estimate of drug-likeness (QED) is 0.557. The van der Waals surface area contributed by atoms with Gasteiger partial charge in [0.2, 0.25) is 5.91 Å². The van der Waals surface area contributed by atoms with Gasteiger partial charge in [0.1, 0.15) is 16.2 Å². The largest absolute Gasteiger partial charge is 0.350 e. The van der Waals surface area contributed by atoms with E-state index in [9.17, 15) is 4.79 Å². The minimum atomic E-state index is 0.0436. The molecule has 0 bridgehead atoms. The van der Waals surface area contributed by atoms with Crippen LogP contribution in [-0.2, 0) is 24.2 Å². The summed E-state index contributed by atoms with van der Waals surface area (Å²) in [5.41, 5.74) is 1.41. The summed E-state index contributed by atoms with van der Waals surface area (Å²) in [6.45, 7) is 0.601. The van der Waals surface area contributed by atoms with E-state index >= 15 is 0 Å². The number of thioether (sulfide) groups is 1. The molecule has 3 aromatic heterocycles. The number of thiophene rings is 2. The average molecular weight is 362 g/mol. The summed E-state index contributed by atoms with van der Waals surface area (Å²) in [5, 5.41) is 7.10. The van der Waals surface area contributed by atoms with Crippen LogP contribution >= 0.6 is 34.4 Å². The highest BCUT2D eigenvalue weighted by Gasteiger charge is 2.21. The predicted molar refractivity (Wildman–Crippen MR) is 96.3 cm³/mol. The van der Waals surface area contributed by atoms with E-state index in [1.165, 1.54) is 38.9 Å². The van der Waals surface area contributed by atoms with Crippen molar-refractivity contribution in [1.29, 1.82) is 0 Å². The summed E-state index contributed by atoms with van der Waals surface area (Å²) < 4.78 is 0. The molecule has 0 radical (unpaired) electrons. The molecule has 3 heterocycles. The zero-order valence-corrected chi connectivity index (χ0v) is 14.8. The van der Waals surface area contributed by atoms with Gasteiger partial charge in [0.15, 0.2) is 0 Å². The number of amides is 1. The Kier molecular flexibility index (Phi) is 4.33. The van der Waals surface area contributed by atoms with E-state index in [1.807, 2.05) is 17.5 Å². The number of rotatable bonds is 5. The van der Waals surface area contributed by atoms with Crippen LogP contribution in [0.3, 0.4) is 0 Å². The molecule has 0 atom stereocenters. The molecule has 3 aromatic rings. The van der Waals surface area contributed by atoms with Gasteiger partial charge in [-0.3, -0.25) is 4.79 Å². The van der Waals surface area contributed by atoms with Crippen molar-refractivity contribution in [2.75, 3.05) is 5.75 Å². The molecular weight excluding hydrogens is 346 g/mol. The van der Waals surface area contributed by atoms with Gasteiger partial charge >= 0.3 is 0 Å². The number of fused-ring (bicyclic) bond motifs is 3. The van der Waals surface area contributed by atoms with Gasteiger partial charge < -0.3 is 5.32 Å². The number of nitrogens with zero attached hydrogens (tertiary/aromatic N) is 2. The molecule has 23 heavy (non-hydrogen) atoms. The van der Waals surface area contributed by atoms with Gasteiger partial charge in [0.25, 0.3) is 0 Å². The maximum Gasteiger partial charge on any atom is 0.230 e. The minimum Gasteiger partial charge on any atom is -0.350 e. The summed E-state index contributed by atoms with van der Waals surface area (Å²) in [6.07, 6.45) is 5.10. The third kappa shape index (κ3) is 3.13. The van der Waals surface area contributed by atoms with Crippen molar-refractivity contribution < 1.29 is 4.79 Å². The summed E-state index contributed by atoms with van der Waals surface area (Å²) in [5.74, 6) is 0.435. The Morgan fingerprint density at radius 1 is 1.35 bits per heavy atom. The van der Waals surface area contributed by atoms with Crippen LogP contribution in [0.15, 0.2) is 28.9 Å². The first-order valence-electron chi connectivity index (χ1n) is 7.48. The zero-order chi connectivity index (χ0) is 15.6. The van der Waals surface area contributed by atoms with E-state index in [0.29, 0.717) is 12.3 Å². The van der Waals surface area contributed by atoms with Crippen LogP contribution in [0, 0.1) is 0 Å². The molecule has 1 N–H and O–H groups in total. The second-order valence-electron chi connectivity index (χ2n) is 5.36. The van der Waals surface area contributed by atoms with E-state index in [0.717, 1.165) is 22.7 Å². The highest BCUT2D eigenvalue weighted by molar-refractivity contribution is 8.00. The fourth-order valence-electron chi connectivity index (χ4n) is 2.79. The molecule has 0 spiro atoms. The molecule has 0 saturated carbocycles. The minimum absolute atomic E-state index is 0.0436. The number of hydrogen-bond acceptors (Lipinski definition) is 6. The molecule has 1 aliphatic rings. The van der Waals surface area contributed by atoms with Crippen molar-refractivity contribution in [3.63, 3.8) is 0 Å². The molecule has 1 amide bonds. The Bertz CT molecular complexity index is 842. The summed E-state index contributed by atoms with van der Waals surface area (Å²) >= 11 is 4.95. The first kappa shape index (κ1) is 15.1. The molecule has 4 rings (SSSR count). The van der Waals surface area contributed by atoms with E-state index in [2.05, 4.69) is 15.3 Å². The van der Waals surface area contributed by atoms with E-state index in [4.69, 9.17) is 0 Å². The fraction of sp³-hybridized carbons (Fsp3) is 0.312. The number of hydrogen-bond donors (Lipinski definition) is 1. The highest BCUT2D eigenvalue weighted by Crippen LogP contribution is 2.39. The summed E-state index contributed by atoms with van der Waals surface area (Å²) in [4.78, 5) is 24.5. The lowest BCUT2D eigenvalue weighted by Crippen LogP contribution is -2.24. The maximum atomic E-state index is 12.1. The standard InChI is InChI=1S/C16H15N3OS3/c20-13(17-7-10-3-2-6-21-10)8-22-15-14-11-4-1-5-12(11)23-16(14)19-9-18-15/h2-3,6,9H,1,4-5,7-8H2,(H,17,20). The number of nitrogens with one attached hydrogen (secondary N) is 1. The van der Waals surface area contributed by atoms with Crippen LogP contribution < -0.4 is 5.32 Å². The Balaban J connectivity index is 1.44. The van der Waals surface area contributed by atoms with Gasteiger partial charge in [-0.15, -0.1) is 22.7 Å². The predicted octanol–water partition coefficient (Wildman–Crippen LogP) is 3.65. The monoisotopic (exact) mass is 361 g/mol. The Hall–Kier alpha value is -1.44. The average Bonchev–Trinajstić information content (AvgIpc) is 3.26. The second-order valence-corrected chi connectivity index (χ2v) is 8.44. The maximum absolute atomic E-state index is 12.1. The first-order chi connectivity index (χ1) is 11.3. The van der Waals surface area contributed by atoms with Crippen molar-refractivity contribution >= 4 is 50.6 Å². The van der Waals surface area contributed by atoms with Crippen molar-refractivity contribution in [3.05, 3.63) is 39.2 Å².